The van der Waals surface area contributed by atoms with Gasteiger partial charge in [-0.3, -0.25) is 4.79 Å². The molecule has 0 spiro atoms. The highest BCUT2D eigenvalue weighted by molar-refractivity contribution is 6.26. The van der Waals surface area contributed by atoms with Crippen molar-refractivity contribution in [1.29, 1.82) is 0 Å². The van der Waals surface area contributed by atoms with Crippen LogP contribution in [-0.2, 0) is 9.53 Å². The van der Waals surface area contributed by atoms with Crippen molar-refractivity contribution >= 4 is 17.6 Å². The van der Waals surface area contributed by atoms with Crippen molar-refractivity contribution < 1.29 is 9.53 Å². The fraction of sp³-hybridized carbons (Fsp3) is 0.750. The van der Waals surface area contributed by atoms with Crippen molar-refractivity contribution in [3.63, 3.8) is 0 Å². The van der Waals surface area contributed by atoms with Gasteiger partial charge >= 0.3 is 5.97 Å². The Morgan fingerprint density at radius 3 is 2.80 bits per heavy atom. The summed E-state index contributed by atoms with van der Waals surface area (Å²) in [7, 11) is 0. The molecule has 1 saturated carbocycles. The molecular formula is C12H17ClO2. The van der Waals surface area contributed by atoms with Gasteiger partial charge in [0.2, 0.25) is 0 Å². The van der Waals surface area contributed by atoms with Crippen LogP contribution in [0.25, 0.3) is 0 Å². The molecule has 84 valence electrons. The van der Waals surface area contributed by atoms with E-state index in [9.17, 15) is 4.79 Å². The van der Waals surface area contributed by atoms with Gasteiger partial charge in [-0.25, -0.2) is 0 Å². The maximum atomic E-state index is 11.1. The minimum absolute atomic E-state index is 0.0667. The molecule has 0 amide bonds. The second kappa shape index (κ2) is 3.51. The molecule has 0 aromatic rings. The highest BCUT2D eigenvalue weighted by atomic mass is 35.5. The smallest absolute Gasteiger partial charge is 0.325 e. The van der Waals surface area contributed by atoms with Crippen LogP contribution in [0.15, 0.2) is 11.8 Å². The lowest BCUT2D eigenvalue weighted by Gasteiger charge is -2.57. The standard InChI is InChI=1S/C12H17ClO2/c1-7-9-4-8(12(9,2)3)5-10(7)15-11(14)6-13/h5,7-9H,4,6H2,1-3H3. The molecule has 3 atom stereocenters. The monoisotopic (exact) mass is 228 g/mol. The summed E-state index contributed by atoms with van der Waals surface area (Å²) >= 11 is 5.42. The van der Waals surface area contributed by atoms with Crippen molar-refractivity contribution in [2.75, 3.05) is 5.88 Å². The Labute approximate surface area is 95.6 Å². The first-order valence-corrected chi connectivity index (χ1v) is 5.98. The van der Waals surface area contributed by atoms with Gasteiger partial charge in [-0.15, -0.1) is 11.6 Å². The number of esters is 1. The third-order valence-electron chi connectivity index (χ3n) is 4.18. The molecule has 2 bridgehead atoms. The molecule has 0 heterocycles. The average molecular weight is 229 g/mol. The Bertz CT molecular complexity index is 320. The van der Waals surface area contributed by atoms with Crippen molar-refractivity contribution in [2.24, 2.45) is 23.2 Å². The second-order valence-corrected chi connectivity index (χ2v) is 5.50. The fourth-order valence-corrected chi connectivity index (χ4v) is 3.02. The summed E-state index contributed by atoms with van der Waals surface area (Å²) in [6, 6.07) is 0. The Hall–Kier alpha value is -0.500. The molecule has 0 N–H and O–H groups in total. The average Bonchev–Trinajstić information content (AvgIpc) is 2.19. The number of carbonyl (C=O) groups excluding carboxylic acids is 1. The maximum absolute atomic E-state index is 11.1. The Kier molecular flexibility index (Phi) is 2.58. The molecule has 3 aliphatic rings. The van der Waals surface area contributed by atoms with Crippen molar-refractivity contribution in [2.45, 2.75) is 27.2 Å². The van der Waals surface area contributed by atoms with E-state index in [1.165, 1.54) is 6.42 Å². The largest absolute Gasteiger partial charge is 0.430 e. The summed E-state index contributed by atoms with van der Waals surface area (Å²) in [5.41, 5.74) is 0.371. The Morgan fingerprint density at radius 2 is 2.33 bits per heavy atom. The van der Waals surface area contributed by atoms with Gasteiger partial charge in [0.15, 0.2) is 0 Å². The number of rotatable bonds is 2. The van der Waals surface area contributed by atoms with Crippen LogP contribution in [0.5, 0.6) is 0 Å². The molecule has 3 aliphatic carbocycles. The topological polar surface area (TPSA) is 26.3 Å². The van der Waals surface area contributed by atoms with E-state index in [0.29, 0.717) is 23.2 Å². The number of allylic oxidation sites excluding steroid dienone is 2. The first-order valence-electron chi connectivity index (χ1n) is 5.45. The molecule has 0 radical (unpaired) electrons. The summed E-state index contributed by atoms with van der Waals surface area (Å²) in [6.07, 6.45) is 3.35. The maximum Gasteiger partial charge on any atom is 0.325 e. The van der Waals surface area contributed by atoms with Crippen molar-refractivity contribution in [1.82, 2.24) is 0 Å². The van der Waals surface area contributed by atoms with E-state index >= 15 is 0 Å². The number of alkyl halides is 1. The second-order valence-electron chi connectivity index (χ2n) is 5.24. The quantitative estimate of drug-likeness (QED) is 0.537. The summed E-state index contributed by atoms with van der Waals surface area (Å²) in [6.45, 7) is 6.72. The molecule has 0 aliphatic heterocycles. The highest BCUT2D eigenvalue weighted by Crippen LogP contribution is 2.60. The summed E-state index contributed by atoms with van der Waals surface area (Å²) in [5, 5.41) is 0. The number of halogens is 1. The Morgan fingerprint density at radius 1 is 1.67 bits per heavy atom. The van der Waals surface area contributed by atoms with Crippen molar-refractivity contribution in [3.05, 3.63) is 11.8 Å². The van der Waals surface area contributed by atoms with Gasteiger partial charge in [-0.1, -0.05) is 20.8 Å². The lowest BCUT2D eigenvalue weighted by molar-refractivity contribution is -0.140. The van der Waals surface area contributed by atoms with Crippen LogP contribution in [0.1, 0.15) is 27.2 Å². The van der Waals surface area contributed by atoms with Crippen LogP contribution >= 0.6 is 11.6 Å². The normalized spacial score (nSPS) is 36.5. The summed E-state index contributed by atoms with van der Waals surface area (Å²) in [4.78, 5) is 11.1. The first-order chi connectivity index (χ1) is 6.96. The molecule has 0 aromatic carbocycles. The molecule has 3 heteroatoms. The third-order valence-corrected chi connectivity index (χ3v) is 4.40. The molecule has 1 fully saturated rings. The van der Waals surface area contributed by atoms with Gasteiger partial charge < -0.3 is 4.74 Å². The van der Waals surface area contributed by atoms with Crippen LogP contribution < -0.4 is 0 Å². The predicted molar refractivity (Wildman–Crippen MR) is 59.4 cm³/mol. The minimum atomic E-state index is -0.339. The predicted octanol–water partition coefficient (Wildman–Crippen LogP) is 2.96. The zero-order chi connectivity index (χ0) is 11.2. The van der Waals surface area contributed by atoms with Crippen LogP contribution in [0.4, 0.5) is 0 Å². The number of hydrogen-bond acceptors (Lipinski definition) is 2. The zero-order valence-electron chi connectivity index (χ0n) is 9.42. The van der Waals surface area contributed by atoms with Crippen molar-refractivity contribution in [3.8, 4) is 0 Å². The number of ether oxygens (including phenoxy) is 1. The minimum Gasteiger partial charge on any atom is -0.430 e. The zero-order valence-corrected chi connectivity index (χ0v) is 10.2. The van der Waals surface area contributed by atoms with Gasteiger partial charge in [0.05, 0.1) is 0 Å². The SMILES string of the molecule is CC1C(OC(=O)CCl)=CC2CC1C2(C)C. The van der Waals surface area contributed by atoms with Crippen LogP contribution in [0.3, 0.4) is 0 Å². The number of fused-ring (bicyclic) bond motifs is 1. The van der Waals surface area contributed by atoms with Gasteiger partial charge in [-0.2, -0.15) is 0 Å². The lowest BCUT2D eigenvalue weighted by Crippen LogP contribution is -2.51. The fourth-order valence-electron chi connectivity index (χ4n) is 2.96. The van der Waals surface area contributed by atoms with E-state index < -0.39 is 0 Å². The van der Waals surface area contributed by atoms with Gasteiger partial charge in [-0.05, 0) is 29.7 Å². The molecule has 3 unspecified atom stereocenters. The van der Waals surface area contributed by atoms with E-state index in [0.717, 1.165) is 5.76 Å². The molecule has 15 heavy (non-hydrogen) atoms. The Balaban J connectivity index is 2.13. The van der Waals surface area contributed by atoms with E-state index in [1.54, 1.807) is 0 Å². The van der Waals surface area contributed by atoms with E-state index in [2.05, 4.69) is 26.8 Å². The lowest BCUT2D eigenvalue weighted by atomic mass is 9.48. The number of hydrogen-bond donors (Lipinski definition) is 0. The van der Waals surface area contributed by atoms with Crippen LogP contribution in [0.2, 0.25) is 0 Å². The van der Waals surface area contributed by atoms with Gasteiger partial charge in [0.25, 0.3) is 0 Å². The van der Waals surface area contributed by atoms with Crippen LogP contribution in [0, 0.1) is 23.2 Å². The van der Waals surface area contributed by atoms with Gasteiger partial charge in [0, 0.05) is 5.92 Å². The summed E-state index contributed by atoms with van der Waals surface area (Å²) in [5.74, 6) is 1.98. The first kappa shape index (κ1) is 11.0. The molecular weight excluding hydrogens is 212 g/mol. The van der Waals surface area contributed by atoms with E-state index in [1.807, 2.05) is 0 Å². The van der Waals surface area contributed by atoms with E-state index in [-0.39, 0.29) is 11.8 Å². The molecule has 3 rings (SSSR count). The highest BCUT2D eigenvalue weighted by Gasteiger charge is 2.53. The third kappa shape index (κ3) is 1.59. The molecule has 0 saturated heterocycles. The van der Waals surface area contributed by atoms with Gasteiger partial charge in [0.1, 0.15) is 11.6 Å². The summed E-state index contributed by atoms with van der Waals surface area (Å²) < 4.78 is 5.24. The van der Waals surface area contributed by atoms with Crippen LogP contribution in [-0.4, -0.2) is 11.8 Å². The number of carbonyl (C=O) groups is 1. The van der Waals surface area contributed by atoms with E-state index in [4.69, 9.17) is 16.3 Å². The molecule has 2 nitrogen and oxygen atoms in total. The molecule has 0 aromatic heterocycles.